The average molecular weight is 517 g/mol. The summed E-state index contributed by atoms with van der Waals surface area (Å²) in [6.45, 7) is 0. The molecule has 6 rings (SSSR count). The van der Waals surface area contributed by atoms with Crippen LogP contribution in [0.25, 0.3) is 21.8 Å². The van der Waals surface area contributed by atoms with Crippen molar-refractivity contribution in [2.45, 2.75) is 0 Å². The number of imidazole rings is 2. The molecule has 0 saturated heterocycles. The highest BCUT2D eigenvalue weighted by Gasteiger charge is 2.19. The first-order valence-electron chi connectivity index (χ1n) is 11.9. The molecule has 11 nitrogen and oxygen atoms in total. The monoisotopic (exact) mass is 516 g/mol. The molecule has 0 fully saturated rings. The summed E-state index contributed by atoms with van der Waals surface area (Å²) in [5.41, 5.74) is 1.90. The topological polar surface area (TPSA) is 158 Å². The number of anilines is 3. The van der Waals surface area contributed by atoms with Crippen molar-refractivity contribution in [3.05, 3.63) is 108 Å². The number of pyridine rings is 1. The Hall–Kier alpha value is -5.84. The third-order valence-corrected chi connectivity index (χ3v) is 5.95. The smallest absolute Gasteiger partial charge is 0.276 e. The fourth-order valence-electron chi connectivity index (χ4n) is 4.10. The Morgan fingerprint density at radius 2 is 1.49 bits per heavy atom. The van der Waals surface area contributed by atoms with Crippen molar-refractivity contribution in [3.8, 4) is 0 Å². The van der Waals surface area contributed by atoms with Gasteiger partial charge in [-0.1, -0.05) is 42.5 Å². The third kappa shape index (κ3) is 4.91. The highest BCUT2D eigenvalue weighted by molar-refractivity contribution is 6.14. The summed E-state index contributed by atoms with van der Waals surface area (Å²) in [5, 5.41) is 9.97. The Bertz CT molecular complexity index is 1850. The van der Waals surface area contributed by atoms with E-state index >= 15 is 0 Å². The standard InChI is InChI=1S/C28H20N8O3/c37-24(16-6-2-1-3-7-16)32-19-13-20(25(38)35-27-29-10-11-30-27)23-21(14-19)33-28(34-23)36-26(39)22-12-17-8-4-5-9-18(17)15-31-22/h1-15H,(H,32,37)(H2,29,30,35,38)(H2,33,34,36,39). The zero-order chi connectivity index (χ0) is 26.8. The molecule has 0 aliphatic rings. The summed E-state index contributed by atoms with van der Waals surface area (Å²) >= 11 is 0. The first kappa shape index (κ1) is 23.6. The van der Waals surface area contributed by atoms with Gasteiger partial charge in [-0.3, -0.25) is 30.0 Å². The largest absolute Gasteiger partial charge is 0.331 e. The van der Waals surface area contributed by atoms with Crippen molar-refractivity contribution in [1.82, 2.24) is 24.9 Å². The zero-order valence-corrected chi connectivity index (χ0v) is 20.2. The van der Waals surface area contributed by atoms with Crippen LogP contribution in [0.2, 0.25) is 0 Å². The van der Waals surface area contributed by atoms with E-state index in [0.29, 0.717) is 22.3 Å². The summed E-state index contributed by atoms with van der Waals surface area (Å²) in [5.74, 6) is -0.963. The molecule has 3 heterocycles. The second-order valence-corrected chi connectivity index (χ2v) is 8.59. The van der Waals surface area contributed by atoms with Crippen LogP contribution in [0.1, 0.15) is 31.2 Å². The molecule has 0 aliphatic heterocycles. The van der Waals surface area contributed by atoms with Crippen molar-refractivity contribution in [1.29, 1.82) is 0 Å². The average Bonchev–Trinajstić information content (AvgIpc) is 3.62. The molecule has 0 bridgehead atoms. The Labute approximate surface area is 220 Å². The zero-order valence-electron chi connectivity index (χ0n) is 20.2. The van der Waals surface area contributed by atoms with E-state index in [2.05, 4.69) is 40.9 Å². The highest BCUT2D eigenvalue weighted by atomic mass is 16.2. The quantitative estimate of drug-likeness (QED) is 0.218. The summed E-state index contributed by atoms with van der Waals surface area (Å²) < 4.78 is 0. The summed E-state index contributed by atoms with van der Waals surface area (Å²) in [7, 11) is 0. The molecule has 39 heavy (non-hydrogen) atoms. The van der Waals surface area contributed by atoms with Gasteiger partial charge < -0.3 is 15.3 Å². The number of carbonyl (C=O) groups excluding carboxylic acids is 3. The number of hydrogen-bond acceptors (Lipinski definition) is 6. The molecular formula is C28H20N8O3. The van der Waals surface area contributed by atoms with E-state index in [9.17, 15) is 14.4 Å². The molecule has 11 heteroatoms. The number of H-pyrrole nitrogens is 2. The minimum Gasteiger partial charge on any atom is -0.331 e. The highest BCUT2D eigenvalue weighted by Crippen LogP contribution is 2.26. The number of rotatable bonds is 6. The fraction of sp³-hybridized carbons (Fsp3) is 0. The van der Waals surface area contributed by atoms with Crippen LogP contribution in [0.4, 0.5) is 17.6 Å². The minimum absolute atomic E-state index is 0.114. The number of aromatic amines is 2. The number of aromatic nitrogens is 5. The molecule has 3 amide bonds. The van der Waals surface area contributed by atoms with Crippen LogP contribution >= 0.6 is 0 Å². The lowest BCUT2D eigenvalue weighted by Gasteiger charge is -2.09. The molecule has 190 valence electrons. The van der Waals surface area contributed by atoms with E-state index in [1.165, 1.54) is 12.3 Å². The molecule has 0 atom stereocenters. The van der Waals surface area contributed by atoms with Crippen molar-refractivity contribution in [2.24, 2.45) is 0 Å². The maximum atomic E-state index is 13.2. The summed E-state index contributed by atoms with van der Waals surface area (Å²) in [4.78, 5) is 57.4. The predicted octanol–water partition coefficient (Wildman–Crippen LogP) is 4.59. The van der Waals surface area contributed by atoms with Gasteiger partial charge in [-0.2, -0.15) is 0 Å². The van der Waals surface area contributed by atoms with Crippen molar-refractivity contribution >= 4 is 57.1 Å². The van der Waals surface area contributed by atoms with Crippen molar-refractivity contribution in [3.63, 3.8) is 0 Å². The molecule has 3 aromatic carbocycles. The van der Waals surface area contributed by atoms with E-state index in [1.54, 1.807) is 48.8 Å². The summed E-state index contributed by atoms with van der Waals surface area (Å²) in [6.07, 6.45) is 4.71. The van der Waals surface area contributed by atoms with Gasteiger partial charge in [0.1, 0.15) is 11.2 Å². The Morgan fingerprint density at radius 1 is 0.718 bits per heavy atom. The molecule has 5 N–H and O–H groups in total. The van der Waals surface area contributed by atoms with E-state index in [1.807, 2.05) is 30.3 Å². The van der Waals surface area contributed by atoms with Gasteiger partial charge >= 0.3 is 0 Å². The molecule has 0 saturated carbocycles. The van der Waals surface area contributed by atoms with Gasteiger partial charge in [0.05, 0.1) is 11.1 Å². The molecule has 0 spiro atoms. The Balaban J connectivity index is 1.33. The van der Waals surface area contributed by atoms with Crippen LogP contribution in [0, 0.1) is 0 Å². The van der Waals surface area contributed by atoms with Crippen LogP contribution < -0.4 is 16.0 Å². The van der Waals surface area contributed by atoms with E-state index in [4.69, 9.17) is 0 Å². The molecular weight excluding hydrogens is 496 g/mol. The first-order chi connectivity index (χ1) is 19.0. The first-order valence-corrected chi connectivity index (χ1v) is 11.9. The number of fused-ring (bicyclic) bond motifs is 2. The number of nitrogens with one attached hydrogen (secondary N) is 5. The van der Waals surface area contributed by atoms with Crippen LogP contribution in [0.15, 0.2) is 91.4 Å². The van der Waals surface area contributed by atoms with Gasteiger partial charge in [-0.15, -0.1) is 0 Å². The van der Waals surface area contributed by atoms with Gasteiger partial charge in [0.2, 0.25) is 11.9 Å². The predicted molar refractivity (Wildman–Crippen MR) is 147 cm³/mol. The van der Waals surface area contributed by atoms with Gasteiger partial charge in [0.15, 0.2) is 0 Å². The Kier molecular flexibility index (Phi) is 5.98. The van der Waals surface area contributed by atoms with Gasteiger partial charge in [0.25, 0.3) is 17.7 Å². The minimum atomic E-state index is -0.508. The van der Waals surface area contributed by atoms with Gasteiger partial charge in [-0.25, -0.2) is 9.97 Å². The van der Waals surface area contributed by atoms with Crippen molar-refractivity contribution in [2.75, 3.05) is 16.0 Å². The maximum absolute atomic E-state index is 13.2. The molecule has 3 aromatic heterocycles. The van der Waals surface area contributed by atoms with Gasteiger partial charge in [-0.05, 0) is 35.7 Å². The van der Waals surface area contributed by atoms with Crippen LogP contribution in [0.5, 0.6) is 0 Å². The maximum Gasteiger partial charge on any atom is 0.276 e. The molecule has 0 radical (unpaired) electrons. The second kappa shape index (κ2) is 9.90. The van der Waals surface area contributed by atoms with Crippen molar-refractivity contribution < 1.29 is 14.4 Å². The number of benzene rings is 3. The SMILES string of the molecule is O=C(Nc1cc(C(=O)Nc2ncc[nH]2)c2nc(NC(=O)c3cc4ccccc4cn3)[nH]c2c1)c1ccccc1. The molecule has 6 aromatic rings. The third-order valence-electron chi connectivity index (χ3n) is 5.95. The van der Waals surface area contributed by atoms with Gasteiger partial charge in [0, 0.05) is 35.2 Å². The number of carbonyl (C=O) groups is 3. The summed E-state index contributed by atoms with van der Waals surface area (Å²) in [6, 6.07) is 21.1. The Morgan fingerprint density at radius 3 is 2.28 bits per heavy atom. The van der Waals surface area contributed by atoms with Crippen LogP contribution in [0.3, 0.4) is 0 Å². The lowest BCUT2D eigenvalue weighted by Crippen LogP contribution is -2.16. The van der Waals surface area contributed by atoms with E-state index < -0.39 is 11.8 Å². The molecule has 0 unspecified atom stereocenters. The van der Waals surface area contributed by atoms with E-state index in [-0.39, 0.29) is 29.1 Å². The van der Waals surface area contributed by atoms with Crippen LogP contribution in [-0.2, 0) is 0 Å². The molecule has 0 aliphatic carbocycles. The number of nitrogens with zero attached hydrogens (tertiary/aromatic N) is 3. The lowest BCUT2D eigenvalue weighted by molar-refractivity contribution is 0.101. The second-order valence-electron chi connectivity index (χ2n) is 8.59. The lowest BCUT2D eigenvalue weighted by atomic mass is 10.1. The number of amides is 3. The number of hydrogen-bond donors (Lipinski definition) is 5. The fourth-order valence-corrected chi connectivity index (χ4v) is 4.10. The van der Waals surface area contributed by atoms with E-state index in [0.717, 1.165) is 10.8 Å². The van der Waals surface area contributed by atoms with Crippen LogP contribution in [-0.4, -0.2) is 42.6 Å². The normalized spacial score (nSPS) is 10.9.